The number of aromatic nitrogens is 2. The molecule has 1 aromatic carbocycles. The second-order valence-electron chi connectivity index (χ2n) is 4.55. The first kappa shape index (κ1) is 17.3. The summed E-state index contributed by atoms with van der Waals surface area (Å²) in [5.74, 6) is -2.37. The predicted octanol–water partition coefficient (Wildman–Crippen LogP) is 3.03. The van der Waals surface area contributed by atoms with Crippen molar-refractivity contribution in [3.63, 3.8) is 0 Å². The molecule has 0 aliphatic carbocycles. The molecular weight excluding hydrogens is 332 g/mol. The number of rotatable bonds is 6. The van der Waals surface area contributed by atoms with E-state index in [2.05, 4.69) is 15.5 Å². The van der Waals surface area contributed by atoms with E-state index in [1.165, 1.54) is 0 Å². The number of hydrogen-bond donors (Lipinski definition) is 1. The summed E-state index contributed by atoms with van der Waals surface area (Å²) in [5.41, 5.74) is -0.376. The number of hydrogen-bond acceptors (Lipinski definition) is 5. The van der Waals surface area contributed by atoms with Gasteiger partial charge in [0.25, 0.3) is 5.91 Å². The van der Waals surface area contributed by atoms with Crippen LogP contribution >= 0.6 is 11.6 Å². The van der Waals surface area contributed by atoms with Gasteiger partial charge in [-0.25, -0.2) is 8.78 Å². The first-order chi connectivity index (χ1) is 10.9. The van der Waals surface area contributed by atoms with Gasteiger partial charge in [0.15, 0.2) is 11.6 Å². The molecule has 1 N–H and O–H groups in total. The fourth-order valence-corrected chi connectivity index (χ4v) is 1.95. The first-order valence-corrected chi connectivity index (χ1v) is 7.17. The molecule has 1 heterocycles. The molecule has 0 spiro atoms. The van der Waals surface area contributed by atoms with Crippen molar-refractivity contribution < 1.29 is 22.8 Å². The second kappa shape index (κ2) is 7.47. The SMILES string of the molecule is CCO[C@@H](C)c1noc(CNC(=O)c2ccc(F)c(Cl)c2F)n1. The number of nitrogens with one attached hydrogen (secondary N) is 1. The van der Waals surface area contributed by atoms with Gasteiger partial charge in [-0.05, 0) is 26.0 Å². The van der Waals surface area contributed by atoms with Gasteiger partial charge in [0.2, 0.25) is 5.89 Å². The van der Waals surface area contributed by atoms with Gasteiger partial charge in [-0.15, -0.1) is 0 Å². The Morgan fingerprint density at radius 3 is 2.91 bits per heavy atom. The summed E-state index contributed by atoms with van der Waals surface area (Å²) in [7, 11) is 0. The van der Waals surface area contributed by atoms with Crippen molar-refractivity contribution in [3.05, 3.63) is 46.1 Å². The largest absolute Gasteiger partial charge is 0.371 e. The quantitative estimate of drug-likeness (QED) is 0.814. The van der Waals surface area contributed by atoms with E-state index in [4.69, 9.17) is 20.9 Å². The molecule has 9 heteroatoms. The highest BCUT2D eigenvalue weighted by Gasteiger charge is 2.19. The fourth-order valence-electron chi connectivity index (χ4n) is 1.78. The summed E-state index contributed by atoms with van der Waals surface area (Å²) >= 11 is 5.43. The lowest BCUT2D eigenvalue weighted by Crippen LogP contribution is -2.24. The van der Waals surface area contributed by atoms with Crippen LogP contribution in [0.3, 0.4) is 0 Å². The van der Waals surface area contributed by atoms with Crippen molar-refractivity contribution in [3.8, 4) is 0 Å². The molecule has 0 bridgehead atoms. The van der Waals surface area contributed by atoms with Crippen LogP contribution in [-0.4, -0.2) is 22.7 Å². The molecule has 0 aliphatic rings. The highest BCUT2D eigenvalue weighted by Crippen LogP contribution is 2.22. The van der Waals surface area contributed by atoms with Gasteiger partial charge >= 0.3 is 0 Å². The van der Waals surface area contributed by atoms with Gasteiger partial charge in [0.05, 0.1) is 12.1 Å². The van der Waals surface area contributed by atoms with Crippen molar-refractivity contribution in [1.29, 1.82) is 0 Å². The lowest BCUT2D eigenvalue weighted by molar-refractivity contribution is 0.0683. The number of nitrogens with zero attached hydrogens (tertiary/aromatic N) is 2. The maximum absolute atomic E-state index is 13.7. The van der Waals surface area contributed by atoms with E-state index in [0.29, 0.717) is 12.4 Å². The van der Waals surface area contributed by atoms with Crippen LogP contribution in [0, 0.1) is 11.6 Å². The van der Waals surface area contributed by atoms with E-state index in [-0.39, 0.29) is 24.1 Å². The molecule has 2 rings (SSSR count). The van der Waals surface area contributed by atoms with Crippen LogP contribution in [0.5, 0.6) is 0 Å². The molecule has 0 unspecified atom stereocenters. The van der Waals surface area contributed by atoms with E-state index in [9.17, 15) is 13.6 Å². The van der Waals surface area contributed by atoms with E-state index >= 15 is 0 Å². The van der Waals surface area contributed by atoms with Gasteiger partial charge in [0.1, 0.15) is 16.9 Å². The minimum Gasteiger partial charge on any atom is -0.371 e. The highest BCUT2D eigenvalue weighted by molar-refractivity contribution is 6.31. The lowest BCUT2D eigenvalue weighted by atomic mass is 10.2. The summed E-state index contributed by atoms with van der Waals surface area (Å²) < 4.78 is 37.1. The standard InChI is InChI=1S/C14H14ClF2N3O3/c1-3-22-7(2)13-19-10(23-20-13)6-18-14(21)8-4-5-9(16)11(15)12(8)17/h4-5,7H,3,6H2,1-2H3,(H,18,21)/t7-/m0/s1. The fraction of sp³-hybridized carbons (Fsp3) is 0.357. The summed E-state index contributed by atoms with van der Waals surface area (Å²) in [6.45, 7) is 3.97. The third kappa shape index (κ3) is 4.02. The van der Waals surface area contributed by atoms with Gasteiger partial charge in [-0.1, -0.05) is 16.8 Å². The van der Waals surface area contributed by atoms with Gasteiger partial charge in [-0.3, -0.25) is 4.79 Å². The van der Waals surface area contributed by atoms with Crippen molar-refractivity contribution in [1.82, 2.24) is 15.5 Å². The van der Waals surface area contributed by atoms with E-state index in [1.54, 1.807) is 6.92 Å². The molecule has 1 amide bonds. The molecular formula is C14H14ClF2N3O3. The van der Waals surface area contributed by atoms with Gasteiger partial charge < -0.3 is 14.6 Å². The van der Waals surface area contributed by atoms with Crippen molar-refractivity contribution in [2.45, 2.75) is 26.5 Å². The molecule has 6 nitrogen and oxygen atoms in total. The Hall–Kier alpha value is -2.06. The summed E-state index contributed by atoms with van der Waals surface area (Å²) in [6, 6.07) is 1.91. The maximum atomic E-state index is 13.7. The Balaban J connectivity index is 2.01. The predicted molar refractivity (Wildman–Crippen MR) is 76.9 cm³/mol. The van der Waals surface area contributed by atoms with Crippen LogP contribution in [0.4, 0.5) is 8.78 Å². The minimum atomic E-state index is -1.12. The van der Waals surface area contributed by atoms with Crippen LogP contribution in [0.1, 0.15) is 42.0 Å². The Labute approximate surface area is 135 Å². The topological polar surface area (TPSA) is 77.3 Å². The van der Waals surface area contributed by atoms with Crippen LogP contribution in [-0.2, 0) is 11.3 Å². The number of carbonyl (C=O) groups is 1. The van der Waals surface area contributed by atoms with Crippen molar-refractivity contribution in [2.24, 2.45) is 0 Å². The van der Waals surface area contributed by atoms with Crippen LogP contribution in [0.25, 0.3) is 0 Å². The number of amides is 1. The molecule has 0 radical (unpaired) electrons. The average molecular weight is 346 g/mol. The smallest absolute Gasteiger partial charge is 0.254 e. The Bertz CT molecular complexity index is 709. The monoisotopic (exact) mass is 345 g/mol. The Morgan fingerprint density at radius 1 is 1.48 bits per heavy atom. The zero-order valence-electron chi connectivity index (χ0n) is 12.4. The average Bonchev–Trinajstić information content (AvgIpc) is 3.00. The number of carbonyl (C=O) groups excluding carboxylic acids is 1. The molecule has 0 saturated heterocycles. The first-order valence-electron chi connectivity index (χ1n) is 6.79. The molecule has 2 aromatic rings. The summed E-state index contributed by atoms with van der Waals surface area (Å²) in [5, 5.41) is 5.38. The van der Waals surface area contributed by atoms with Gasteiger partial charge in [-0.2, -0.15) is 4.98 Å². The van der Waals surface area contributed by atoms with Crippen LogP contribution < -0.4 is 5.32 Å². The molecule has 0 fully saturated rings. The van der Waals surface area contributed by atoms with Crippen LogP contribution in [0.15, 0.2) is 16.7 Å². The highest BCUT2D eigenvalue weighted by atomic mass is 35.5. The van der Waals surface area contributed by atoms with E-state index in [0.717, 1.165) is 12.1 Å². The minimum absolute atomic E-state index is 0.112. The zero-order chi connectivity index (χ0) is 17.0. The molecule has 0 saturated carbocycles. The number of halogens is 3. The van der Waals surface area contributed by atoms with Gasteiger partial charge in [0, 0.05) is 6.61 Å². The lowest BCUT2D eigenvalue weighted by Gasteiger charge is -2.06. The Morgan fingerprint density at radius 2 is 2.22 bits per heavy atom. The maximum Gasteiger partial charge on any atom is 0.254 e. The van der Waals surface area contributed by atoms with Crippen molar-refractivity contribution >= 4 is 17.5 Å². The number of ether oxygens (including phenoxy) is 1. The molecule has 1 aromatic heterocycles. The number of benzene rings is 1. The third-order valence-corrected chi connectivity index (χ3v) is 3.29. The van der Waals surface area contributed by atoms with E-state index < -0.39 is 22.6 Å². The van der Waals surface area contributed by atoms with E-state index in [1.807, 2.05) is 6.92 Å². The molecule has 23 heavy (non-hydrogen) atoms. The zero-order valence-corrected chi connectivity index (χ0v) is 13.2. The Kier molecular flexibility index (Phi) is 5.62. The molecule has 124 valence electrons. The van der Waals surface area contributed by atoms with Crippen LogP contribution in [0.2, 0.25) is 5.02 Å². The third-order valence-electron chi connectivity index (χ3n) is 2.94. The summed E-state index contributed by atoms with van der Waals surface area (Å²) in [6.07, 6.45) is -0.346. The summed E-state index contributed by atoms with van der Waals surface area (Å²) in [4.78, 5) is 15.9. The molecule has 1 atom stereocenters. The molecule has 0 aliphatic heterocycles. The second-order valence-corrected chi connectivity index (χ2v) is 4.93. The normalized spacial score (nSPS) is 12.2. The van der Waals surface area contributed by atoms with Crippen molar-refractivity contribution in [2.75, 3.05) is 6.61 Å².